The number of aryl methyl sites for hydroxylation is 1. The highest BCUT2D eigenvalue weighted by Gasteiger charge is 2.25. The van der Waals surface area contributed by atoms with Crippen LogP contribution in [0.3, 0.4) is 0 Å². The molecule has 16 heteroatoms. The number of pyridine rings is 1. The number of nitrogens with two attached hydrogens (primary N) is 2. The van der Waals surface area contributed by atoms with E-state index in [-0.39, 0.29) is 37.1 Å². The number of carbonyl (C=O) groups is 2. The summed E-state index contributed by atoms with van der Waals surface area (Å²) in [6, 6.07) is 15.8. The van der Waals surface area contributed by atoms with Crippen molar-refractivity contribution < 1.29 is 36.0 Å². The molecule has 0 fully saturated rings. The SMILES string of the molecule is Cc1ccc(NS(=O)(=O)Cc2cccc3ccccc23)c(=O)n1CC(=O)NCCON=C(N)N.O=CC(F)(F)F. The Morgan fingerprint density at radius 3 is 2.40 bits per heavy atom. The van der Waals surface area contributed by atoms with Crippen molar-refractivity contribution in [2.45, 2.75) is 25.4 Å². The van der Waals surface area contributed by atoms with Gasteiger partial charge < -0.3 is 26.2 Å². The Morgan fingerprint density at radius 1 is 1.10 bits per heavy atom. The number of alkyl halides is 3. The number of aromatic nitrogens is 1. The maximum absolute atomic E-state index is 12.9. The van der Waals surface area contributed by atoms with Gasteiger partial charge in [0.15, 0.2) is 0 Å². The number of sulfonamides is 1. The van der Waals surface area contributed by atoms with E-state index in [0.717, 1.165) is 10.8 Å². The molecule has 216 valence electrons. The van der Waals surface area contributed by atoms with Crippen LogP contribution in [-0.4, -0.2) is 50.5 Å². The van der Waals surface area contributed by atoms with Crippen LogP contribution in [0.5, 0.6) is 0 Å². The number of anilines is 1. The van der Waals surface area contributed by atoms with Crippen LogP contribution in [0.2, 0.25) is 0 Å². The number of nitrogens with zero attached hydrogens (tertiary/aromatic N) is 2. The van der Waals surface area contributed by atoms with E-state index < -0.39 is 34.0 Å². The summed E-state index contributed by atoms with van der Waals surface area (Å²) in [7, 11) is -3.90. The molecule has 6 N–H and O–H groups in total. The Kier molecular flexibility index (Phi) is 11.0. The predicted octanol–water partition coefficient (Wildman–Crippen LogP) is 1.32. The summed E-state index contributed by atoms with van der Waals surface area (Å²) in [5, 5.41) is 7.63. The molecule has 0 spiro atoms. The molecule has 12 nitrogen and oxygen atoms in total. The summed E-state index contributed by atoms with van der Waals surface area (Å²) < 4.78 is 60.5. The van der Waals surface area contributed by atoms with E-state index >= 15 is 0 Å². The van der Waals surface area contributed by atoms with Gasteiger partial charge in [-0.15, -0.1) is 0 Å². The lowest BCUT2D eigenvalue weighted by atomic mass is 10.1. The van der Waals surface area contributed by atoms with E-state index in [2.05, 4.69) is 15.2 Å². The first-order chi connectivity index (χ1) is 18.7. The first-order valence-electron chi connectivity index (χ1n) is 11.4. The third-order valence-electron chi connectivity index (χ3n) is 5.00. The van der Waals surface area contributed by atoms with Crippen molar-refractivity contribution in [2.24, 2.45) is 16.6 Å². The van der Waals surface area contributed by atoms with Crippen LogP contribution in [0, 0.1) is 6.92 Å². The largest absolute Gasteiger partial charge is 0.446 e. The number of rotatable bonds is 10. The van der Waals surface area contributed by atoms with Gasteiger partial charge in [0.1, 0.15) is 18.8 Å². The molecule has 0 atom stereocenters. The maximum atomic E-state index is 12.9. The highest BCUT2D eigenvalue weighted by molar-refractivity contribution is 7.91. The first kappa shape index (κ1) is 31.6. The third kappa shape index (κ3) is 10.3. The minimum Gasteiger partial charge on any atom is -0.391 e. The number of hydrogen-bond donors (Lipinski definition) is 4. The molecule has 2 aromatic carbocycles. The molecular weight excluding hydrogens is 557 g/mol. The standard InChI is InChI=1S/C22H26N6O5S.C2HF3O/c1-15-9-10-19(21(30)28(15)13-20(29)25-11-12-33-26-22(23)24)27-34(31,32)14-17-7-4-6-16-5-2-3-8-18(16)17;3-2(4,5)1-6/h2-10,27H,11-14H2,1H3,(H,25,29)(H4,23,24,26);1H. The summed E-state index contributed by atoms with van der Waals surface area (Å²) in [5.74, 6) is -1.01. The number of oxime groups is 1. The first-order valence-corrected chi connectivity index (χ1v) is 13.1. The predicted molar refractivity (Wildman–Crippen MR) is 143 cm³/mol. The Bertz CT molecular complexity index is 1530. The van der Waals surface area contributed by atoms with Crippen LogP contribution in [0.1, 0.15) is 11.3 Å². The van der Waals surface area contributed by atoms with Crippen LogP contribution in [0.4, 0.5) is 18.9 Å². The fourth-order valence-corrected chi connectivity index (χ4v) is 4.55. The molecule has 1 aromatic heterocycles. The number of benzene rings is 2. The quantitative estimate of drug-likeness (QED) is 0.0902. The number of carbonyl (C=O) groups excluding carboxylic acids is 2. The molecule has 40 heavy (non-hydrogen) atoms. The van der Waals surface area contributed by atoms with E-state index in [1.165, 1.54) is 10.6 Å². The summed E-state index contributed by atoms with van der Waals surface area (Å²) in [5.41, 5.74) is 10.6. The van der Waals surface area contributed by atoms with Gasteiger partial charge in [-0.3, -0.25) is 19.1 Å². The topological polar surface area (TPSA) is 188 Å². The van der Waals surface area contributed by atoms with Gasteiger partial charge in [0, 0.05) is 5.69 Å². The number of guanidine groups is 1. The molecule has 0 aliphatic carbocycles. The Labute approximate surface area is 226 Å². The second kappa shape index (κ2) is 14.0. The minimum atomic E-state index is -4.64. The molecule has 0 radical (unpaired) electrons. The van der Waals surface area contributed by atoms with E-state index in [1.54, 1.807) is 25.1 Å². The zero-order chi connectivity index (χ0) is 29.9. The molecule has 1 heterocycles. The monoisotopic (exact) mass is 584 g/mol. The lowest BCUT2D eigenvalue weighted by Crippen LogP contribution is -2.36. The van der Waals surface area contributed by atoms with Gasteiger partial charge in [-0.2, -0.15) is 13.2 Å². The zero-order valence-corrected chi connectivity index (χ0v) is 22.0. The number of fused-ring (bicyclic) bond motifs is 1. The van der Waals surface area contributed by atoms with Crippen LogP contribution in [-0.2, 0) is 36.7 Å². The van der Waals surface area contributed by atoms with Crippen molar-refractivity contribution in [1.82, 2.24) is 9.88 Å². The van der Waals surface area contributed by atoms with Gasteiger partial charge in [0.05, 0.1) is 12.3 Å². The average molecular weight is 585 g/mol. The van der Waals surface area contributed by atoms with Gasteiger partial charge in [0.2, 0.25) is 28.2 Å². The fourth-order valence-electron chi connectivity index (χ4n) is 3.33. The second-order valence-electron chi connectivity index (χ2n) is 8.14. The maximum Gasteiger partial charge on any atom is 0.446 e. The van der Waals surface area contributed by atoms with Crippen molar-refractivity contribution >= 4 is 44.6 Å². The van der Waals surface area contributed by atoms with Crippen molar-refractivity contribution in [3.8, 4) is 0 Å². The van der Waals surface area contributed by atoms with Crippen LogP contribution >= 0.6 is 0 Å². The van der Waals surface area contributed by atoms with E-state index in [4.69, 9.17) is 21.1 Å². The van der Waals surface area contributed by atoms with Crippen LogP contribution < -0.4 is 27.1 Å². The molecule has 3 aromatic rings. The zero-order valence-electron chi connectivity index (χ0n) is 21.1. The van der Waals surface area contributed by atoms with Gasteiger partial charge in [-0.05, 0) is 40.5 Å². The number of hydrogen-bond acceptors (Lipinski definition) is 7. The molecular formula is C24H27F3N6O6S. The third-order valence-corrected chi connectivity index (χ3v) is 6.23. The minimum absolute atomic E-state index is 0.0333. The molecule has 0 aliphatic rings. The molecule has 3 rings (SSSR count). The van der Waals surface area contributed by atoms with Crippen molar-refractivity contribution in [3.63, 3.8) is 0 Å². The van der Waals surface area contributed by atoms with Crippen molar-refractivity contribution in [3.05, 3.63) is 76.2 Å². The second-order valence-corrected chi connectivity index (χ2v) is 9.86. The highest BCUT2D eigenvalue weighted by atomic mass is 32.2. The van der Waals surface area contributed by atoms with E-state index in [1.807, 2.05) is 30.3 Å². The fraction of sp³-hybridized carbons (Fsp3) is 0.250. The number of aldehydes is 1. The number of halogens is 3. The van der Waals surface area contributed by atoms with Crippen molar-refractivity contribution in [1.29, 1.82) is 0 Å². The summed E-state index contributed by atoms with van der Waals surface area (Å²) in [6.07, 6.45) is -5.70. The average Bonchev–Trinajstić information content (AvgIpc) is 2.88. The highest BCUT2D eigenvalue weighted by Crippen LogP contribution is 2.21. The summed E-state index contributed by atoms with van der Waals surface area (Å²) >= 11 is 0. The van der Waals surface area contributed by atoms with Crippen molar-refractivity contribution in [2.75, 3.05) is 17.9 Å². The van der Waals surface area contributed by atoms with Crippen LogP contribution in [0.15, 0.2) is 64.5 Å². The Balaban J connectivity index is 0.000000840. The molecule has 1 amide bonds. The summed E-state index contributed by atoms with van der Waals surface area (Å²) in [4.78, 5) is 38.6. The van der Waals surface area contributed by atoms with E-state index in [9.17, 15) is 31.2 Å². The molecule has 0 saturated heterocycles. The molecule has 0 aliphatic heterocycles. The Hall–Kier alpha value is -4.60. The lowest BCUT2D eigenvalue weighted by Gasteiger charge is -2.14. The summed E-state index contributed by atoms with van der Waals surface area (Å²) in [6.45, 7) is 1.49. The van der Waals surface area contributed by atoms with E-state index in [0.29, 0.717) is 11.3 Å². The van der Waals surface area contributed by atoms with Gasteiger partial charge in [-0.1, -0.05) is 42.5 Å². The van der Waals surface area contributed by atoms with Gasteiger partial charge in [0.25, 0.3) is 5.56 Å². The number of nitrogens with one attached hydrogen (secondary N) is 2. The molecule has 0 bridgehead atoms. The normalized spacial score (nSPS) is 11.1. The molecule has 0 saturated carbocycles. The smallest absolute Gasteiger partial charge is 0.391 e. The van der Waals surface area contributed by atoms with Gasteiger partial charge >= 0.3 is 6.18 Å². The lowest BCUT2D eigenvalue weighted by molar-refractivity contribution is -0.156. The molecule has 0 unspecified atom stereocenters. The van der Waals surface area contributed by atoms with Crippen LogP contribution in [0.25, 0.3) is 10.8 Å². The number of amides is 1. The van der Waals surface area contributed by atoms with Gasteiger partial charge in [-0.25, -0.2) is 8.42 Å². The Morgan fingerprint density at radius 2 is 1.75 bits per heavy atom.